The number of hydrogen-bond acceptors (Lipinski definition) is 3. The molecule has 2 N–H and O–H groups in total. The van der Waals surface area contributed by atoms with E-state index in [0.717, 1.165) is 11.3 Å². The third-order valence-electron chi connectivity index (χ3n) is 3.40. The van der Waals surface area contributed by atoms with E-state index in [1.54, 1.807) is 11.3 Å². The molecular formula is C13H18N2O3S. The molecule has 1 aliphatic rings. The lowest BCUT2D eigenvalue weighted by molar-refractivity contribution is -0.143. The number of urea groups is 1. The number of nitrogens with one attached hydrogen (secondary N) is 1. The minimum Gasteiger partial charge on any atom is -0.480 e. The number of likely N-dealkylation sites (tertiary alicyclic amines) is 1. The molecule has 0 bridgehead atoms. The molecule has 0 aromatic carbocycles. The number of carbonyl (C=O) groups excluding carboxylic acids is 1. The normalized spacial score (nSPS) is 23.1. The third-order valence-corrected chi connectivity index (χ3v) is 4.28. The summed E-state index contributed by atoms with van der Waals surface area (Å²) in [7, 11) is 0. The van der Waals surface area contributed by atoms with Gasteiger partial charge in [0.05, 0.1) is 6.54 Å². The molecule has 5 nitrogen and oxygen atoms in total. The van der Waals surface area contributed by atoms with Gasteiger partial charge in [-0.1, -0.05) is 13.0 Å². The lowest BCUT2D eigenvalue weighted by Gasteiger charge is -2.35. The van der Waals surface area contributed by atoms with Crippen LogP contribution in [0.4, 0.5) is 4.79 Å². The van der Waals surface area contributed by atoms with E-state index in [-0.39, 0.29) is 6.03 Å². The van der Waals surface area contributed by atoms with Gasteiger partial charge in [0.2, 0.25) is 0 Å². The minimum absolute atomic E-state index is 0.285. The fourth-order valence-corrected chi connectivity index (χ4v) is 2.94. The Morgan fingerprint density at radius 1 is 1.58 bits per heavy atom. The number of carboxylic acids is 1. The van der Waals surface area contributed by atoms with Crippen molar-refractivity contribution in [2.75, 3.05) is 6.54 Å². The van der Waals surface area contributed by atoms with Crippen molar-refractivity contribution in [3.63, 3.8) is 0 Å². The van der Waals surface area contributed by atoms with E-state index in [2.05, 4.69) is 5.32 Å². The van der Waals surface area contributed by atoms with Gasteiger partial charge < -0.3 is 15.3 Å². The van der Waals surface area contributed by atoms with Crippen LogP contribution < -0.4 is 5.32 Å². The number of carbonyl (C=O) groups is 2. The number of carboxylic acid groups (broad SMARTS) is 1. The number of nitrogens with zero attached hydrogens (tertiary/aromatic N) is 1. The fraction of sp³-hybridized carbons (Fsp3) is 0.538. The zero-order valence-corrected chi connectivity index (χ0v) is 11.7. The molecule has 0 saturated carbocycles. The van der Waals surface area contributed by atoms with E-state index in [0.29, 0.717) is 25.4 Å². The van der Waals surface area contributed by atoms with Gasteiger partial charge in [-0.25, -0.2) is 9.59 Å². The van der Waals surface area contributed by atoms with E-state index in [1.165, 1.54) is 4.90 Å². The van der Waals surface area contributed by atoms with Gasteiger partial charge in [0, 0.05) is 11.4 Å². The summed E-state index contributed by atoms with van der Waals surface area (Å²) in [5.74, 6) is -0.569. The summed E-state index contributed by atoms with van der Waals surface area (Å²) in [6.07, 6.45) is 1.39. The van der Waals surface area contributed by atoms with Gasteiger partial charge >= 0.3 is 12.0 Å². The molecule has 1 fully saturated rings. The molecule has 104 valence electrons. The maximum atomic E-state index is 12.1. The second kappa shape index (κ2) is 6.06. The summed E-state index contributed by atoms with van der Waals surface area (Å²) in [6.45, 7) is 2.99. The summed E-state index contributed by atoms with van der Waals surface area (Å²) in [4.78, 5) is 25.8. The molecule has 1 aromatic rings. The van der Waals surface area contributed by atoms with Crippen LogP contribution in [-0.2, 0) is 11.3 Å². The van der Waals surface area contributed by atoms with Crippen molar-refractivity contribution in [1.29, 1.82) is 0 Å². The first-order chi connectivity index (χ1) is 9.08. The van der Waals surface area contributed by atoms with E-state index in [9.17, 15) is 14.7 Å². The van der Waals surface area contributed by atoms with Crippen molar-refractivity contribution in [2.45, 2.75) is 32.4 Å². The first kappa shape index (κ1) is 13.9. The van der Waals surface area contributed by atoms with Crippen molar-refractivity contribution >= 4 is 23.3 Å². The summed E-state index contributed by atoms with van der Waals surface area (Å²) < 4.78 is 0. The summed E-state index contributed by atoms with van der Waals surface area (Å²) in [5, 5.41) is 13.9. The van der Waals surface area contributed by atoms with Crippen molar-refractivity contribution < 1.29 is 14.7 Å². The Morgan fingerprint density at radius 2 is 2.37 bits per heavy atom. The molecule has 2 amide bonds. The lowest BCUT2D eigenvalue weighted by atomic mass is 9.93. The molecule has 1 saturated heterocycles. The molecule has 1 aromatic heterocycles. The predicted octanol–water partition coefficient (Wildman–Crippen LogP) is 2.14. The van der Waals surface area contributed by atoms with Gasteiger partial charge in [-0.05, 0) is 30.2 Å². The molecule has 2 heterocycles. The molecule has 2 rings (SSSR count). The van der Waals surface area contributed by atoms with Crippen LogP contribution in [0.3, 0.4) is 0 Å². The maximum absolute atomic E-state index is 12.1. The highest BCUT2D eigenvalue weighted by atomic mass is 32.1. The average molecular weight is 282 g/mol. The first-order valence-corrected chi connectivity index (χ1v) is 7.25. The highest BCUT2D eigenvalue weighted by Crippen LogP contribution is 2.22. The average Bonchev–Trinajstić information content (AvgIpc) is 2.88. The fourth-order valence-electron chi connectivity index (χ4n) is 2.30. The summed E-state index contributed by atoms with van der Waals surface area (Å²) in [6, 6.07) is 2.88. The molecule has 1 aliphatic heterocycles. The zero-order chi connectivity index (χ0) is 13.8. The highest BCUT2D eigenvalue weighted by molar-refractivity contribution is 7.09. The summed E-state index contributed by atoms with van der Waals surface area (Å²) in [5.41, 5.74) is 0. The maximum Gasteiger partial charge on any atom is 0.326 e. The van der Waals surface area contributed by atoms with E-state index < -0.39 is 12.0 Å². The second-order valence-corrected chi connectivity index (χ2v) is 5.95. The third kappa shape index (κ3) is 3.47. The van der Waals surface area contributed by atoms with Gasteiger partial charge in [-0.15, -0.1) is 11.3 Å². The predicted molar refractivity (Wildman–Crippen MR) is 73.1 cm³/mol. The van der Waals surface area contributed by atoms with Crippen LogP contribution in [0.5, 0.6) is 0 Å². The Kier molecular flexibility index (Phi) is 4.42. The van der Waals surface area contributed by atoms with Crippen LogP contribution in [0.2, 0.25) is 0 Å². The van der Waals surface area contributed by atoms with Crippen molar-refractivity contribution in [3.8, 4) is 0 Å². The van der Waals surface area contributed by atoms with Gasteiger partial charge in [0.15, 0.2) is 0 Å². The number of rotatable bonds is 3. The van der Waals surface area contributed by atoms with Crippen molar-refractivity contribution in [1.82, 2.24) is 10.2 Å². The summed E-state index contributed by atoms with van der Waals surface area (Å²) >= 11 is 1.57. The number of amides is 2. The number of hydrogen-bond donors (Lipinski definition) is 2. The second-order valence-electron chi connectivity index (χ2n) is 4.92. The topological polar surface area (TPSA) is 69.6 Å². The van der Waals surface area contributed by atoms with E-state index >= 15 is 0 Å². The Labute approximate surface area is 116 Å². The van der Waals surface area contributed by atoms with Crippen LogP contribution in [0.25, 0.3) is 0 Å². The smallest absolute Gasteiger partial charge is 0.326 e. The zero-order valence-electron chi connectivity index (χ0n) is 10.8. The molecule has 2 atom stereocenters. The van der Waals surface area contributed by atoms with Gasteiger partial charge in [0.1, 0.15) is 6.04 Å². The molecule has 0 aliphatic carbocycles. The van der Waals surface area contributed by atoms with Gasteiger partial charge in [-0.2, -0.15) is 0 Å². The van der Waals surface area contributed by atoms with E-state index in [1.807, 2.05) is 24.4 Å². The molecule has 19 heavy (non-hydrogen) atoms. The lowest BCUT2D eigenvalue weighted by Crippen LogP contribution is -2.53. The first-order valence-electron chi connectivity index (χ1n) is 6.37. The largest absolute Gasteiger partial charge is 0.480 e. The number of piperidine rings is 1. The van der Waals surface area contributed by atoms with Crippen LogP contribution in [-0.4, -0.2) is 34.6 Å². The Hall–Kier alpha value is -1.56. The SMILES string of the molecule is CC1CCN(C(=O)NCc2cccs2)C(C(=O)O)C1. The monoisotopic (exact) mass is 282 g/mol. The number of thiophene rings is 1. The van der Waals surface area contributed by atoms with E-state index in [4.69, 9.17) is 0 Å². The van der Waals surface area contributed by atoms with Crippen molar-refractivity contribution in [2.24, 2.45) is 5.92 Å². The van der Waals surface area contributed by atoms with Crippen LogP contribution in [0.1, 0.15) is 24.6 Å². The highest BCUT2D eigenvalue weighted by Gasteiger charge is 2.34. The minimum atomic E-state index is -0.919. The van der Waals surface area contributed by atoms with Crippen molar-refractivity contribution in [3.05, 3.63) is 22.4 Å². The Bertz CT molecular complexity index is 447. The molecular weight excluding hydrogens is 264 g/mol. The van der Waals surface area contributed by atoms with Crippen LogP contribution in [0.15, 0.2) is 17.5 Å². The Morgan fingerprint density at radius 3 is 3.00 bits per heavy atom. The molecule has 0 radical (unpaired) electrons. The quantitative estimate of drug-likeness (QED) is 0.892. The molecule has 2 unspecified atom stereocenters. The number of aliphatic carboxylic acids is 1. The van der Waals surface area contributed by atoms with Gasteiger partial charge in [-0.3, -0.25) is 0 Å². The molecule has 6 heteroatoms. The standard InChI is InChI=1S/C13H18N2O3S/c1-9-4-5-15(11(7-9)12(16)17)13(18)14-8-10-3-2-6-19-10/h2-3,6,9,11H,4-5,7-8H2,1H3,(H,14,18)(H,16,17). The Balaban J connectivity index is 1.94. The van der Waals surface area contributed by atoms with Crippen LogP contribution >= 0.6 is 11.3 Å². The van der Waals surface area contributed by atoms with Crippen LogP contribution in [0, 0.1) is 5.92 Å². The molecule has 0 spiro atoms. The van der Waals surface area contributed by atoms with Gasteiger partial charge in [0.25, 0.3) is 0 Å².